The van der Waals surface area contributed by atoms with Crippen LogP contribution in [0.15, 0.2) is 18.3 Å². The Kier molecular flexibility index (Phi) is 5.67. The molecule has 3 rings (SSSR count). The molecule has 0 aliphatic carbocycles. The number of amides is 2. The number of ether oxygens (including phenoxy) is 1. The Morgan fingerprint density at radius 1 is 1.42 bits per heavy atom. The van der Waals surface area contributed by atoms with E-state index in [2.05, 4.69) is 29.4 Å². The monoisotopic (exact) mass is 362 g/mol. The molecule has 2 fully saturated rings. The van der Waals surface area contributed by atoms with Gasteiger partial charge in [-0.2, -0.15) is 0 Å². The van der Waals surface area contributed by atoms with Crippen molar-refractivity contribution in [3.8, 4) is 0 Å². The molecule has 2 aliphatic rings. The molecule has 7 nitrogen and oxygen atoms in total. The summed E-state index contributed by atoms with van der Waals surface area (Å²) in [6, 6.07) is 3.03. The molecule has 2 aliphatic heterocycles. The Bertz CT molecular complexity index is 649. The maximum absolute atomic E-state index is 12.9. The average molecular weight is 362 g/mol. The predicted octanol–water partition coefficient (Wildman–Crippen LogP) is 0.761. The van der Waals surface area contributed by atoms with Crippen molar-refractivity contribution in [3.63, 3.8) is 0 Å². The summed E-state index contributed by atoms with van der Waals surface area (Å²) in [5, 5.41) is 6.16. The van der Waals surface area contributed by atoms with Crippen molar-refractivity contribution >= 4 is 11.8 Å². The fraction of sp³-hybridized carbons (Fsp3) is 0.684. The molecule has 26 heavy (non-hydrogen) atoms. The summed E-state index contributed by atoms with van der Waals surface area (Å²) < 4.78 is 7.26. The molecule has 2 amide bonds. The van der Waals surface area contributed by atoms with Gasteiger partial charge >= 0.3 is 0 Å². The van der Waals surface area contributed by atoms with Gasteiger partial charge in [-0.15, -0.1) is 0 Å². The lowest BCUT2D eigenvalue weighted by Crippen LogP contribution is -2.57. The second-order valence-electron chi connectivity index (χ2n) is 8.00. The number of rotatable bonds is 4. The van der Waals surface area contributed by atoms with Crippen LogP contribution in [0.25, 0.3) is 0 Å². The molecule has 144 valence electrons. The lowest BCUT2D eigenvalue weighted by atomic mass is 9.89. The number of carbonyl (C=O) groups is 2. The molecular formula is C19H30N4O3. The fourth-order valence-corrected chi connectivity index (χ4v) is 3.96. The fourth-order valence-electron chi connectivity index (χ4n) is 3.96. The highest BCUT2D eigenvalue weighted by Gasteiger charge is 2.41. The van der Waals surface area contributed by atoms with Gasteiger partial charge < -0.3 is 19.9 Å². The SMILES string of the molecule is CC(C)CN1CC(NC(=O)c2cccn2C)C(=O)NC2(CCOCC2)C1. The van der Waals surface area contributed by atoms with Gasteiger partial charge in [-0.3, -0.25) is 14.5 Å². The minimum Gasteiger partial charge on any atom is -0.381 e. The Morgan fingerprint density at radius 3 is 2.77 bits per heavy atom. The van der Waals surface area contributed by atoms with Gasteiger partial charge in [0.05, 0.1) is 5.54 Å². The van der Waals surface area contributed by atoms with Crippen LogP contribution in [0.2, 0.25) is 0 Å². The van der Waals surface area contributed by atoms with Crippen LogP contribution >= 0.6 is 0 Å². The first-order valence-electron chi connectivity index (χ1n) is 9.43. The lowest BCUT2D eigenvalue weighted by molar-refractivity contribution is -0.125. The Hall–Kier alpha value is -1.86. The van der Waals surface area contributed by atoms with Gasteiger partial charge in [-0.25, -0.2) is 0 Å². The highest BCUT2D eigenvalue weighted by atomic mass is 16.5. The number of hydrogen-bond acceptors (Lipinski definition) is 4. The van der Waals surface area contributed by atoms with E-state index in [0.29, 0.717) is 31.4 Å². The molecule has 0 radical (unpaired) electrons. The number of nitrogens with one attached hydrogen (secondary N) is 2. The van der Waals surface area contributed by atoms with E-state index >= 15 is 0 Å². The largest absolute Gasteiger partial charge is 0.381 e. The third-order valence-electron chi connectivity index (χ3n) is 5.23. The summed E-state index contributed by atoms with van der Waals surface area (Å²) in [5.41, 5.74) is 0.299. The minimum atomic E-state index is -0.557. The molecule has 1 aromatic heterocycles. The van der Waals surface area contributed by atoms with E-state index in [9.17, 15) is 9.59 Å². The van der Waals surface area contributed by atoms with Crippen LogP contribution in [0.3, 0.4) is 0 Å². The molecule has 3 heterocycles. The first kappa shape index (κ1) is 18.9. The molecule has 2 N–H and O–H groups in total. The second kappa shape index (κ2) is 7.80. The standard InChI is InChI=1S/C19H30N4O3/c1-14(2)11-23-12-15(20-18(25)16-5-4-8-22(16)3)17(24)21-19(13-23)6-9-26-10-7-19/h4-5,8,14-15H,6-7,9-13H2,1-3H3,(H,20,25)(H,21,24). The van der Waals surface area contributed by atoms with E-state index in [4.69, 9.17) is 4.74 Å². The van der Waals surface area contributed by atoms with Gasteiger partial charge in [0.25, 0.3) is 5.91 Å². The molecule has 1 atom stereocenters. The van der Waals surface area contributed by atoms with Crippen LogP contribution in [-0.4, -0.2) is 65.7 Å². The molecule has 1 spiro atoms. The Morgan fingerprint density at radius 2 is 2.15 bits per heavy atom. The Balaban J connectivity index is 1.77. The highest BCUT2D eigenvalue weighted by molar-refractivity contribution is 5.96. The molecule has 0 aromatic carbocycles. The first-order chi connectivity index (χ1) is 12.4. The van der Waals surface area contributed by atoms with Gasteiger partial charge in [0.15, 0.2) is 0 Å². The van der Waals surface area contributed by atoms with Gasteiger partial charge in [-0.05, 0) is 30.9 Å². The third-order valence-corrected chi connectivity index (χ3v) is 5.23. The zero-order chi connectivity index (χ0) is 18.7. The van der Waals surface area contributed by atoms with E-state index in [-0.39, 0.29) is 17.4 Å². The second-order valence-corrected chi connectivity index (χ2v) is 8.00. The molecule has 0 saturated carbocycles. The van der Waals surface area contributed by atoms with E-state index in [1.165, 1.54) is 0 Å². The number of aromatic nitrogens is 1. The van der Waals surface area contributed by atoms with Crippen molar-refractivity contribution < 1.29 is 14.3 Å². The number of hydrogen-bond donors (Lipinski definition) is 2. The van der Waals surface area contributed by atoms with Crippen molar-refractivity contribution in [2.75, 3.05) is 32.8 Å². The highest BCUT2D eigenvalue weighted by Crippen LogP contribution is 2.25. The zero-order valence-electron chi connectivity index (χ0n) is 16.0. The first-order valence-corrected chi connectivity index (χ1v) is 9.43. The summed E-state index contributed by atoms with van der Waals surface area (Å²) >= 11 is 0. The van der Waals surface area contributed by atoms with Crippen LogP contribution < -0.4 is 10.6 Å². The summed E-state index contributed by atoms with van der Waals surface area (Å²) in [7, 11) is 1.82. The van der Waals surface area contributed by atoms with Crippen LogP contribution in [0, 0.1) is 5.92 Å². The molecule has 2 saturated heterocycles. The van der Waals surface area contributed by atoms with Crippen LogP contribution in [0.5, 0.6) is 0 Å². The molecule has 0 bridgehead atoms. The van der Waals surface area contributed by atoms with Gasteiger partial charge in [0.1, 0.15) is 11.7 Å². The number of nitrogens with zero attached hydrogens (tertiary/aromatic N) is 2. The number of aryl methyl sites for hydroxylation is 1. The van der Waals surface area contributed by atoms with Gasteiger partial charge in [0.2, 0.25) is 5.91 Å². The van der Waals surface area contributed by atoms with Crippen molar-refractivity contribution in [2.45, 2.75) is 38.3 Å². The maximum atomic E-state index is 12.9. The molecule has 1 aromatic rings. The van der Waals surface area contributed by atoms with E-state index < -0.39 is 6.04 Å². The van der Waals surface area contributed by atoms with Crippen molar-refractivity contribution in [1.82, 2.24) is 20.1 Å². The summed E-state index contributed by atoms with van der Waals surface area (Å²) in [4.78, 5) is 27.8. The number of carbonyl (C=O) groups excluding carboxylic acids is 2. The van der Waals surface area contributed by atoms with Crippen molar-refractivity contribution in [1.29, 1.82) is 0 Å². The lowest BCUT2D eigenvalue weighted by Gasteiger charge is -2.39. The van der Waals surface area contributed by atoms with Crippen LogP contribution in [-0.2, 0) is 16.6 Å². The quantitative estimate of drug-likeness (QED) is 0.829. The smallest absolute Gasteiger partial charge is 0.268 e. The van der Waals surface area contributed by atoms with Crippen molar-refractivity contribution in [3.05, 3.63) is 24.0 Å². The average Bonchev–Trinajstić information content (AvgIpc) is 2.95. The molecular weight excluding hydrogens is 332 g/mol. The van der Waals surface area contributed by atoms with Crippen LogP contribution in [0.1, 0.15) is 37.2 Å². The zero-order valence-corrected chi connectivity index (χ0v) is 16.0. The summed E-state index contributed by atoms with van der Waals surface area (Å²) in [6.45, 7) is 7.91. The normalized spacial score (nSPS) is 23.7. The van der Waals surface area contributed by atoms with Crippen LogP contribution in [0.4, 0.5) is 0 Å². The van der Waals surface area contributed by atoms with Crippen molar-refractivity contribution in [2.24, 2.45) is 13.0 Å². The molecule has 7 heteroatoms. The predicted molar refractivity (Wildman–Crippen MR) is 98.9 cm³/mol. The topological polar surface area (TPSA) is 75.6 Å². The van der Waals surface area contributed by atoms with E-state index in [0.717, 1.165) is 25.9 Å². The van der Waals surface area contributed by atoms with Gasteiger partial charge in [0, 0.05) is 46.1 Å². The summed E-state index contributed by atoms with van der Waals surface area (Å²) in [5.74, 6) is 0.176. The Labute approximate surface area is 155 Å². The third kappa shape index (κ3) is 4.27. The minimum absolute atomic E-state index is 0.0966. The van der Waals surface area contributed by atoms with E-state index in [1.54, 1.807) is 10.6 Å². The van der Waals surface area contributed by atoms with E-state index in [1.807, 2.05) is 19.3 Å². The molecule has 1 unspecified atom stereocenters. The summed E-state index contributed by atoms with van der Waals surface area (Å²) in [6.07, 6.45) is 3.45. The van der Waals surface area contributed by atoms with Gasteiger partial charge in [-0.1, -0.05) is 13.8 Å². The maximum Gasteiger partial charge on any atom is 0.268 e.